The molecule has 8 heteroatoms. The van der Waals surface area contributed by atoms with Gasteiger partial charge in [0.15, 0.2) is 11.6 Å². The van der Waals surface area contributed by atoms with E-state index in [2.05, 4.69) is 9.97 Å². The second kappa shape index (κ2) is 4.73. The zero-order valence-corrected chi connectivity index (χ0v) is 9.58. The molecule has 5 N–H and O–H groups in total. The number of carbonyl (C=O) groups is 1. The molecule has 2 rings (SSSR count). The average molecular weight is 255 g/mol. The number of hydrogen-bond donors (Lipinski definition) is 3. The molecule has 7 nitrogen and oxygen atoms in total. The standard InChI is InChI=1S/C10H14FN5O2/c11-7-8(13)14-4-15-9(7)16-2-1-5(10(17)18)6(12)3-16/h4-6H,1-3,12H2,(H,17,18)(H2,13,14,15)/t5-,6-/m0/s1. The molecule has 18 heavy (non-hydrogen) atoms. The Balaban J connectivity index is 2.17. The Morgan fingerprint density at radius 1 is 1.56 bits per heavy atom. The molecular weight excluding hydrogens is 241 g/mol. The molecule has 2 heterocycles. The number of halogens is 1. The van der Waals surface area contributed by atoms with Gasteiger partial charge in [-0.3, -0.25) is 4.79 Å². The summed E-state index contributed by atoms with van der Waals surface area (Å²) in [7, 11) is 0. The van der Waals surface area contributed by atoms with Crippen LogP contribution in [0.2, 0.25) is 0 Å². The highest BCUT2D eigenvalue weighted by atomic mass is 19.1. The fraction of sp³-hybridized carbons (Fsp3) is 0.500. The highest BCUT2D eigenvalue weighted by molar-refractivity contribution is 5.71. The zero-order valence-electron chi connectivity index (χ0n) is 9.58. The highest BCUT2D eigenvalue weighted by Gasteiger charge is 2.33. The first-order valence-electron chi connectivity index (χ1n) is 5.50. The van der Waals surface area contributed by atoms with E-state index in [0.29, 0.717) is 13.0 Å². The molecule has 0 saturated carbocycles. The molecule has 1 aromatic heterocycles. The molecule has 1 aliphatic rings. The van der Waals surface area contributed by atoms with Crippen molar-refractivity contribution >= 4 is 17.6 Å². The van der Waals surface area contributed by atoms with Crippen LogP contribution in [0, 0.1) is 11.7 Å². The lowest BCUT2D eigenvalue weighted by molar-refractivity contribution is -0.142. The molecule has 1 fully saturated rings. The van der Waals surface area contributed by atoms with E-state index in [4.69, 9.17) is 16.6 Å². The van der Waals surface area contributed by atoms with E-state index >= 15 is 0 Å². The lowest BCUT2D eigenvalue weighted by Gasteiger charge is -2.35. The summed E-state index contributed by atoms with van der Waals surface area (Å²) in [6.07, 6.45) is 1.52. The van der Waals surface area contributed by atoms with Gasteiger partial charge >= 0.3 is 5.97 Å². The number of nitrogen functional groups attached to an aromatic ring is 1. The smallest absolute Gasteiger partial charge is 0.308 e. The molecule has 0 unspecified atom stereocenters. The van der Waals surface area contributed by atoms with Gasteiger partial charge in [0.25, 0.3) is 0 Å². The summed E-state index contributed by atoms with van der Waals surface area (Å²) in [5, 5.41) is 8.95. The Morgan fingerprint density at radius 3 is 2.89 bits per heavy atom. The molecule has 0 amide bonds. The van der Waals surface area contributed by atoms with Crippen LogP contribution in [0.5, 0.6) is 0 Å². The van der Waals surface area contributed by atoms with Crippen LogP contribution in [0.15, 0.2) is 6.33 Å². The number of nitrogens with two attached hydrogens (primary N) is 2. The second-order valence-corrected chi connectivity index (χ2v) is 4.24. The van der Waals surface area contributed by atoms with Gasteiger partial charge in [-0.25, -0.2) is 9.97 Å². The average Bonchev–Trinajstić information content (AvgIpc) is 2.32. The molecule has 1 aromatic rings. The van der Waals surface area contributed by atoms with Crippen molar-refractivity contribution in [3.63, 3.8) is 0 Å². The molecule has 0 aliphatic carbocycles. The van der Waals surface area contributed by atoms with E-state index in [1.807, 2.05) is 0 Å². The summed E-state index contributed by atoms with van der Waals surface area (Å²) in [4.78, 5) is 19.9. The molecule has 0 aromatic carbocycles. The minimum Gasteiger partial charge on any atom is -0.481 e. The van der Waals surface area contributed by atoms with Gasteiger partial charge in [-0.15, -0.1) is 0 Å². The van der Waals surface area contributed by atoms with Gasteiger partial charge < -0.3 is 21.5 Å². The molecule has 1 aliphatic heterocycles. The summed E-state index contributed by atoms with van der Waals surface area (Å²) in [5.41, 5.74) is 11.1. The van der Waals surface area contributed by atoms with Gasteiger partial charge in [0.1, 0.15) is 6.33 Å². The van der Waals surface area contributed by atoms with E-state index < -0.39 is 23.7 Å². The molecule has 0 spiro atoms. The van der Waals surface area contributed by atoms with Crippen molar-refractivity contribution < 1.29 is 14.3 Å². The minimum absolute atomic E-state index is 0.0711. The number of nitrogens with zero attached hydrogens (tertiary/aromatic N) is 3. The van der Waals surface area contributed by atoms with E-state index in [-0.39, 0.29) is 18.2 Å². The van der Waals surface area contributed by atoms with Crippen molar-refractivity contribution in [1.82, 2.24) is 9.97 Å². The zero-order chi connectivity index (χ0) is 13.3. The van der Waals surface area contributed by atoms with Crippen molar-refractivity contribution in [3.05, 3.63) is 12.1 Å². The Kier molecular flexibility index (Phi) is 3.28. The summed E-state index contributed by atoms with van der Waals surface area (Å²) >= 11 is 0. The maximum absolute atomic E-state index is 13.7. The SMILES string of the molecule is Nc1ncnc(N2CC[C@H](C(=O)O)[C@@H](N)C2)c1F. The lowest BCUT2D eigenvalue weighted by Crippen LogP contribution is -2.51. The monoisotopic (exact) mass is 255 g/mol. The molecule has 0 radical (unpaired) electrons. The van der Waals surface area contributed by atoms with Crippen molar-refractivity contribution in [2.75, 3.05) is 23.7 Å². The number of aliphatic carboxylic acids is 1. The summed E-state index contributed by atoms with van der Waals surface area (Å²) in [5.74, 6) is -2.39. The summed E-state index contributed by atoms with van der Waals surface area (Å²) < 4.78 is 13.7. The number of piperidine rings is 1. The second-order valence-electron chi connectivity index (χ2n) is 4.24. The van der Waals surface area contributed by atoms with Gasteiger partial charge in [0, 0.05) is 19.1 Å². The normalized spacial score (nSPS) is 24.0. The first-order valence-corrected chi connectivity index (χ1v) is 5.50. The van der Waals surface area contributed by atoms with Crippen molar-refractivity contribution in [2.45, 2.75) is 12.5 Å². The number of rotatable bonds is 2. The maximum Gasteiger partial charge on any atom is 0.308 e. The van der Waals surface area contributed by atoms with Crippen molar-refractivity contribution in [3.8, 4) is 0 Å². The van der Waals surface area contributed by atoms with Crippen LogP contribution in [-0.2, 0) is 4.79 Å². The molecule has 98 valence electrons. The summed E-state index contributed by atoms with van der Waals surface area (Å²) in [6.45, 7) is 0.600. The third-order valence-electron chi connectivity index (χ3n) is 3.07. The summed E-state index contributed by atoms with van der Waals surface area (Å²) in [6, 6.07) is -0.563. The van der Waals surface area contributed by atoms with Crippen LogP contribution in [0.3, 0.4) is 0 Å². The topological polar surface area (TPSA) is 118 Å². The predicted octanol–water partition coefficient (Wildman–Crippen LogP) is -0.564. The fourth-order valence-electron chi connectivity index (χ4n) is 2.08. The predicted molar refractivity (Wildman–Crippen MR) is 62.3 cm³/mol. The van der Waals surface area contributed by atoms with E-state index in [0.717, 1.165) is 0 Å². The number of hydrogen-bond acceptors (Lipinski definition) is 6. The van der Waals surface area contributed by atoms with Gasteiger partial charge in [0.2, 0.25) is 5.82 Å². The number of carboxylic acid groups (broad SMARTS) is 1. The quantitative estimate of drug-likeness (QED) is 0.647. The van der Waals surface area contributed by atoms with Gasteiger partial charge in [0.05, 0.1) is 5.92 Å². The Hall–Kier alpha value is -1.96. The van der Waals surface area contributed by atoms with Crippen LogP contribution in [0.1, 0.15) is 6.42 Å². The first kappa shape index (κ1) is 12.5. The van der Waals surface area contributed by atoms with E-state index in [1.165, 1.54) is 6.33 Å². The lowest BCUT2D eigenvalue weighted by atomic mass is 9.92. The van der Waals surface area contributed by atoms with Crippen molar-refractivity contribution in [2.24, 2.45) is 11.7 Å². The molecule has 2 atom stereocenters. The highest BCUT2D eigenvalue weighted by Crippen LogP contribution is 2.24. The fourth-order valence-corrected chi connectivity index (χ4v) is 2.08. The Bertz CT molecular complexity index is 470. The van der Waals surface area contributed by atoms with Gasteiger partial charge in [-0.05, 0) is 6.42 Å². The maximum atomic E-state index is 13.7. The van der Waals surface area contributed by atoms with Crippen LogP contribution in [0.25, 0.3) is 0 Å². The van der Waals surface area contributed by atoms with Gasteiger partial charge in [-0.1, -0.05) is 0 Å². The van der Waals surface area contributed by atoms with Crippen LogP contribution < -0.4 is 16.4 Å². The minimum atomic E-state index is -0.926. The molecular formula is C10H14FN5O2. The third-order valence-corrected chi connectivity index (χ3v) is 3.07. The first-order chi connectivity index (χ1) is 8.50. The third kappa shape index (κ3) is 2.19. The number of anilines is 2. The molecule has 0 bridgehead atoms. The number of carboxylic acids is 1. The van der Waals surface area contributed by atoms with Crippen LogP contribution in [-0.4, -0.2) is 40.2 Å². The van der Waals surface area contributed by atoms with E-state index in [1.54, 1.807) is 4.90 Å². The van der Waals surface area contributed by atoms with Crippen LogP contribution in [0.4, 0.5) is 16.0 Å². The number of aromatic nitrogens is 2. The van der Waals surface area contributed by atoms with E-state index in [9.17, 15) is 9.18 Å². The Morgan fingerprint density at radius 2 is 2.28 bits per heavy atom. The van der Waals surface area contributed by atoms with Crippen molar-refractivity contribution in [1.29, 1.82) is 0 Å². The Labute approximate surface area is 103 Å². The largest absolute Gasteiger partial charge is 0.481 e. The van der Waals surface area contributed by atoms with Crippen LogP contribution >= 0.6 is 0 Å². The van der Waals surface area contributed by atoms with Gasteiger partial charge in [-0.2, -0.15) is 4.39 Å². The molecule has 1 saturated heterocycles.